The second-order valence-electron chi connectivity index (χ2n) is 19.5. The number of rotatable bonds is 18. The summed E-state index contributed by atoms with van der Waals surface area (Å²) in [6.07, 6.45) is 16.9. The zero-order chi connectivity index (χ0) is 43.3. The van der Waals surface area contributed by atoms with Crippen LogP contribution in [0.3, 0.4) is 0 Å². The highest BCUT2D eigenvalue weighted by atomic mass is 32.2. The summed E-state index contributed by atoms with van der Waals surface area (Å²) in [7, 11) is -2.24. The van der Waals surface area contributed by atoms with Gasteiger partial charge in [0.2, 0.25) is 0 Å². The number of furan rings is 1. The van der Waals surface area contributed by atoms with Gasteiger partial charge in [0.25, 0.3) is 0 Å². The van der Waals surface area contributed by atoms with E-state index in [2.05, 4.69) is 95.4 Å². The molecule has 2 saturated heterocycles. The van der Waals surface area contributed by atoms with Crippen molar-refractivity contribution >= 4 is 54.7 Å². The summed E-state index contributed by atoms with van der Waals surface area (Å²) in [4.78, 5) is 14.8. The first kappa shape index (κ1) is 46.8. The Hall–Kier alpha value is -2.18. The lowest BCUT2D eigenvalue weighted by Gasteiger charge is -2.47. The lowest BCUT2D eigenvalue weighted by Crippen LogP contribution is -2.51. The number of thioether (sulfide) groups is 3. The fraction of sp³-hybridized carbons (Fsp3) is 0.588. The minimum atomic E-state index is -2.24. The fourth-order valence-corrected chi connectivity index (χ4v) is 16.9. The molecule has 7 rings (SSSR count). The standard InChI is InChI=1S/C51H70O6S3Si/c1-7-8-18-26-51(58-28-20-29-59-51)43(52)31-39-37(23-15-9-10-19-27-55-34-36-21-13-11-14-22-36)30-42-46(54)45(39)41-35-56-47(61(5,6)49(2,3)4)40(41)32-50(42)33-44(53)57-48(50)60-38-24-16-12-17-25-38/h7-8,11-14,16-17,21-22,24-25,30,35,37,39,43,45-46,48,52,54H,9-10,15,18-20,23,26-29,31-34H2,1-6H3/b8-7+/t37-,39+,43+,45+,46-,48+,50-/m0/s1. The molecule has 0 unspecified atom stereocenters. The van der Waals surface area contributed by atoms with Gasteiger partial charge in [-0.3, -0.25) is 4.79 Å². The smallest absolute Gasteiger partial charge is 0.308 e. The second kappa shape index (κ2) is 20.3. The Kier molecular flexibility index (Phi) is 15.6. The van der Waals surface area contributed by atoms with Crippen LogP contribution in [0.25, 0.3) is 0 Å². The van der Waals surface area contributed by atoms with Crippen LogP contribution in [0.5, 0.6) is 0 Å². The van der Waals surface area contributed by atoms with E-state index >= 15 is 0 Å². The third-order valence-electron chi connectivity index (χ3n) is 14.6. The predicted octanol–water partition coefficient (Wildman–Crippen LogP) is 12.1. The summed E-state index contributed by atoms with van der Waals surface area (Å²) in [6, 6.07) is 20.6. The van der Waals surface area contributed by atoms with Gasteiger partial charge in [0.1, 0.15) is 8.07 Å². The molecule has 7 atom stereocenters. The van der Waals surface area contributed by atoms with Gasteiger partial charge in [0.05, 0.1) is 46.4 Å². The van der Waals surface area contributed by atoms with E-state index in [-0.39, 0.29) is 39.3 Å². The van der Waals surface area contributed by atoms with Crippen LogP contribution in [0.2, 0.25) is 18.1 Å². The monoisotopic (exact) mass is 902 g/mol. The normalized spacial score (nSPS) is 26.9. The number of benzene rings is 2. The van der Waals surface area contributed by atoms with E-state index in [9.17, 15) is 15.0 Å². The maximum Gasteiger partial charge on any atom is 0.308 e. The highest BCUT2D eigenvalue weighted by molar-refractivity contribution is 8.18. The number of esters is 1. The Morgan fingerprint density at radius 3 is 2.41 bits per heavy atom. The second-order valence-corrected chi connectivity index (χ2v) is 29.0. The Labute approximate surface area is 379 Å². The summed E-state index contributed by atoms with van der Waals surface area (Å²) < 4.78 is 19.0. The van der Waals surface area contributed by atoms with Gasteiger partial charge in [-0.05, 0) is 115 Å². The van der Waals surface area contributed by atoms with Crippen LogP contribution in [-0.4, -0.2) is 64.1 Å². The Morgan fingerprint density at radius 1 is 1.00 bits per heavy atom. The van der Waals surface area contributed by atoms with Crippen LogP contribution in [0.15, 0.2) is 100 Å². The number of aliphatic hydroxyl groups is 2. The molecule has 0 radical (unpaired) electrons. The van der Waals surface area contributed by atoms with E-state index in [1.165, 1.54) is 11.1 Å². The van der Waals surface area contributed by atoms with E-state index in [1.54, 1.807) is 11.8 Å². The van der Waals surface area contributed by atoms with Crippen molar-refractivity contribution in [2.45, 2.75) is 156 Å². The van der Waals surface area contributed by atoms with Crippen LogP contribution in [0.4, 0.5) is 0 Å². The van der Waals surface area contributed by atoms with Crippen molar-refractivity contribution in [3.63, 3.8) is 0 Å². The molecule has 2 aromatic carbocycles. The number of ether oxygens (including phenoxy) is 2. The number of aliphatic hydroxyl groups excluding tert-OH is 2. The van der Waals surface area contributed by atoms with Crippen molar-refractivity contribution < 1.29 is 28.9 Å². The van der Waals surface area contributed by atoms with Gasteiger partial charge in [-0.25, -0.2) is 0 Å². The van der Waals surface area contributed by atoms with Crippen LogP contribution >= 0.6 is 35.3 Å². The molecule has 61 heavy (non-hydrogen) atoms. The Balaban J connectivity index is 1.26. The lowest BCUT2D eigenvalue weighted by atomic mass is 9.62. The van der Waals surface area contributed by atoms with Gasteiger partial charge in [0, 0.05) is 17.4 Å². The SMILES string of the molecule is C/C=C/CCC1([C@H](O)C[C@H]2[C@@H]3c4coc([Si](C)(C)C(C)(C)C)c4C[C@]4(CC(=O)O[C@@H]4Sc4ccccc4)C(=C[C@@H]2CCCCCCOCc2ccccc2)[C@@H]3O)SCCCS1. The van der Waals surface area contributed by atoms with E-state index in [0.717, 1.165) is 90.9 Å². The first-order valence-electron chi connectivity index (χ1n) is 22.9. The summed E-state index contributed by atoms with van der Waals surface area (Å²) in [5, 5.41) is 26.9. The van der Waals surface area contributed by atoms with Crippen molar-refractivity contribution in [3.8, 4) is 0 Å². The van der Waals surface area contributed by atoms with Crippen molar-refractivity contribution in [1.82, 2.24) is 0 Å². The molecule has 2 fully saturated rings. The van der Waals surface area contributed by atoms with Gasteiger partial charge in [-0.2, -0.15) is 0 Å². The number of hydrogen-bond donors (Lipinski definition) is 2. The molecule has 10 heteroatoms. The summed E-state index contributed by atoms with van der Waals surface area (Å²) in [5.74, 6) is 1.71. The number of fused-ring (bicyclic) bond motifs is 5. The van der Waals surface area contributed by atoms with Gasteiger partial charge < -0.3 is 24.1 Å². The molecule has 1 spiro atoms. The van der Waals surface area contributed by atoms with Crippen LogP contribution < -0.4 is 5.38 Å². The summed E-state index contributed by atoms with van der Waals surface area (Å²) in [5.41, 5.74) is 3.18. The van der Waals surface area contributed by atoms with Gasteiger partial charge in [0.15, 0.2) is 5.44 Å². The molecule has 2 aliphatic heterocycles. The average Bonchev–Trinajstić information content (AvgIpc) is 3.78. The minimum absolute atomic E-state index is 0.00466. The number of unbranched alkanes of at least 4 members (excludes halogenated alkanes) is 3. The van der Waals surface area contributed by atoms with Gasteiger partial charge in [-0.1, -0.05) is 132 Å². The van der Waals surface area contributed by atoms with Crippen molar-refractivity contribution in [2.24, 2.45) is 17.3 Å². The molecule has 2 aliphatic carbocycles. The molecule has 3 aromatic rings. The highest BCUT2D eigenvalue weighted by Gasteiger charge is 2.61. The molecule has 3 heterocycles. The quantitative estimate of drug-likeness (QED) is 0.0561. The van der Waals surface area contributed by atoms with Crippen molar-refractivity contribution in [1.29, 1.82) is 0 Å². The van der Waals surface area contributed by atoms with Crippen LogP contribution in [0, 0.1) is 17.3 Å². The molecule has 2 bridgehead atoms. The number of hydrogen-bond acceptors (Lipinski definition) is 9. The zero-order valence-corrected chi connectivity index (χ0v) is 40.9. The topological polar surface area (TPSA) is 89.1 Å². The third kappa shape index (κ3) is 10.2. The molecule has 4 aliphatic rings. The average molecular weight is 903 g/mol. The van der Waals surface area contributed by atoms with E-state index < -0.39 is 31.1 Å². The van der Waals surface area contributed by atoms with Crippen molar-refractivity contribution in [2.75, 3.05) is 18.1 Å². The molecule has 0 saturated carbocycles. The Bertz CT molecular complexity index is 1950. The molecule has 0 amide bonds. The molecule has 6 nitrogen and oxygen atoms in total. The Morgan fingerprint density at radius 2 is 1.70 bits per heavy atom. The maximum absolute atomic E-state index is 13.8. The summed E-state index contributed by atoms with van der Waals surface area (Å²) >= 11 is 5.50. The lowest BCUT2D eigenvalue weighted by molar-refractivity contribution is -0.138. The maximum atomic E-state index is 13.8. The van der Waals surface area contributed by atoms with E-state index in [0.29, 0.717) is 19.4 Å². The molecular weight excluding hydrogens is 833 g/mol. The van der Waals surface area contributed by atoms with Crippen molar-refractivity contribution in [3.05, 3.63) is 107 Å². The largest absolute Gasteiger partial charge is 0.474 e. The molecule has 2 N–H and O–H groups in total. The molecule has 1 aromatic heterocycles. The predicted molar refractivity (Wildman–Crippen MR) is 258 cm³/mol. The highest BCUT2D eigenvalue weighted by Crippen LogP contribution is 2.61. The van der Waals surface area contributed by atoms with Gasteiger partial charge in [-0.15, -0.1) is 23.5 Å². The first-order chi connectivity index (χ1) is 29.3. The van der Waals surface area contributed by atoms with E-state index in [1.807, 2.05) is 54.1 Å². The van der Waals surface area contributed by atoms with E-state index in [4.69, 9.17) is 13.9 Å². The van der Waals surface area contributed by atoms with Gasteiger partial charge >= 0.3 is 5.97 Å². The molecular formula is C51H70O6S3Si. The number of carbonyl (C=O) groups excluding carboxylic acids is 1. The third-order valence-corrected chi connectivity index (χ3v) is 24.8. The number of carbonyl (C=O) groups is 1. The summed E-state index contributed by atoms with van der Waals surface area (Å²) in [6.45, 7) is 15.2. The first-order valence-corrected chi connectivity index (χ1v) is 28.8. The molecule has 332 valence electrons. The number of allylic oxidation sites excluding steroid dienone is 3. The van der Waals surface area contributed by atoms with Crippen LogP contribution in [0.1, 0.15) is 115 Å². The number of cyclic esters (lactones) is 1. The fourth-order valence-electron chi connectivity index (χ4n) is 10.2. The minimum Gasteiger partial charge on any atom is -0.474 e. The zero-order valence-electron chi connectivity index (χ0n) is 37.4. The van der Waals surface area contributed by atoms with Crippen LogP contribution in [-0.2, 0) is 27.3 Å².